The van der Waals surface area contributed by atoms with Gasteiger partial charge in [0.05, 0.1) is 42.3 Å². The van der Waals surface area contributed by atoms with E-state index in [1.807, 2.05) is 143 Å². The molecular weight excluding hydrogens is 1390 g/mol. The Balaban J connectivity index is 0.000000150. The fourth-order valence-corrected chi connectivity index (χ4v) is 19.9. The second-order valence-corrected chi connectivity index (χ2v) is 31.8. The van der Waals surface area contributed by atoms with Crippen molar-refractivity contribution in [1.82, 2.24) is 0 Å². The Morgan fingerprint density at radius 2 is 0.500 bits per heavy atom. The Labute approximate surface area is 620 Å². The molecule has 0 aliphatic carbocycles. The van der Waals surface area contributed by atoms with Crippen molar-refractivity contribution in [2.45, 2.75) is 19.6 Å². The van der Waals surface area contributed by atoms with Crippen molar-refractivity contribution in [2.75, 3.05) is 19.6 Å². The molecule has 15 aromatic carbocycles. The first-order valence-electron chi connectivity index (χ1n) is 34.5. The molecule has 0 radical (unpaired) electrons. The van der Waals surface area contributed by atoms with Crippen LogP contribution in [0.2, 0.25) is 0 Å². The summed E-state index contributed by atoms with van der Waals surface area (Å²) in [7, 11) is -7.36. The van der Waals surface area contributed by atoms with Gasteiger partial charge in [-0.2, -0.15) is 0 Å². The van der Waals surface area contributed by atoms with E-state index in [4.69, 9.17) is 0 Å². The first-order valence-corrected chi connectivity index (χ1v) is 39.1. The third-order valence-electron chi connectivity index (χ3n) is 19.6. The average Bonchev–Trinajstić information content (AvgIpc) is 0.731. The number of nitrogens with zero attached hydrogens (tertiary/aromatic N) is 4. The molecule has 0 saturated heterocycles. The van der Waals surface area contributed by atoms with Crippen LogP contribution in [0, 0.1) is 0 Å². The SMILES string of the molecule is O=c1c2ccc(-c3ccc(N(c4ccccc4)c4ccccc4)cc3)cc2sc2ccc(-c3ccc(N(c4ccccc4)c4ccccc4)cc3)cc12.O=c1c2ccc(N3c4ccccc4S(=O)(=O)c4ccccc43)cc2sc2ccc(-c3ccc(N4c5ccccc5S(=O)(=O)c5ccccc54)cc3)cc12. The van der Waals surface area contributed by atoms with Crippen molar-refractivity contribution in [2.24, 2.45) is 0 Å². The van der Waals surface area contributed by atoms with E-state index in [0.717, 1.165) is 108 Å². The Morgan fingerprint density at radius 1 is 0.226 bits per heavy atom. The number of hydrogen-bond acceptors (Lipinski definition) is 12. The Morgan fingerprint density at radius 3 is 0.877 bits per heavy atom. The van der Waals surface area contributed by atoms with Gasteiger partial charge < -0.3 is 19.6 Å². The fourth-order valence-electron chi connectivity index (χ4n) is 14.5. The molecule has 0 saturated carbocycles. The second kappa shape index (κ2) is 26.8. The van der Waals surface area contributed by atoms with Crippen molar-refractivity contribution >= 4 is 151 Å². The zero-order valence-corrected chi connectivity index (χ0v) is 59.8. The van der Waals surface area contributed by atoms with Gasteiger partial charge in [0.25, 0.3) is 0 Å². The predicted octanol–water partition coefficient (Wildman–Crippen LogP) is 24.0. The summed E-state index contributed by atoms with van der Waals surface area (Å²) in [5.41, 5.74) is 16.5. The van der Waals surface area contributed by atoms with Crippen LogP contribution in [0.3, 0.4) is 0 Å². The van der Waals surface area contributed by atoms with Gasteiger partial charge in [0, 0.05) is 85.8 Å². The molecule has 17 aromatic rings. The first kappa shape index (κ1) is 65.2. The summed E-state index contributed by atoms with van der Waals surface area (Å²) in [6.07, 6.45) is 0. The lowest BCUT2D eigenvalue weighted by atomic mass is 10.0. The third kappa shape index (κ3) is 11.6. The molecule has 0 bridgehead atoms. The molecule has 10 nitrogen and oxygen atoms in total. The summed E-state index contributed by atoms with van der Waals surface area (Å²) < 4.78 is 57.5. The molecule has 19 rings (SSSR count). The standard InChI is InChI=1S/C49H34N2OS.C43H26N2O5S3/c52-49-45-31-25-38(36-23-29-44(30-24-36)51(41-17-9-3-10-18-41)42-19-11-4-12-20-42)34-48(45)53-47-32-26-37(33-46(47)49)35-21-27-43(28-22-35)50(39-13-5-1-6-14-39)40-15-7-2-8-16-40;46-43-31-23-22-30(45-35-11-3-7-15-41(35)53(49,50)42-16-8-4-12-36(42)45)26-38(31)51-37-24-19-28(25-32(37)43)27-17-20-29(21-18-27)44-33-9-1-5-13-39(33)52(47,48)40-14-6-2-10-34(40)44/h1-34H;1-26H. The summed E-state index contributed by atoms with van der Waals surface area (Å²) in [5, 5.41) is 2.69. The molecule has 0 atom stereocenters. The van der Waals surface area contributed by atoms with Crippen LogP contribution in [0.5, 0.6) is 0 Å². The minimum absolute atomic E-state index is 0.0646. The highest BCUT2D eigenvalue weighted by Crippen LogP contribution is 2.51. The highest BCUT2D eigenvalue weighted by Gasteiger charge is 2.36. The molecule has 0 unspecified atom stereocenters. The maximum absolute atomic E-state index is 14.0. The van der Waals surface area contributed by atoms with Crippen LogP contribution >= 0.6 is 22.7 Å². The van der Waals surface area contributed by atoms with Crippen molar-refractivity contribution in [3.63, 3.8) is 0 Å². The van der Waals surface area contributed by atoms with Gasteiger partial charge in [-0.15, -0.1) is 22.7 Å². The number of fused-ring (bicyclic) bond motifs is 8. The number of rotatable bonds is 11. The molecular formula is C92H60N4O6S4. The summed E-state index contributed by atoms with van der Waals surface area (Å²) in [5.74, 6) is 0. The third-order valence-corrected chi connectivity index (χ3v) is 25.6. The van der Waals surface area contributed by atoms with Crippen LogP contribution in [0.1, 0.15) is 0 Å². The minimum Gasteiger partial charge on any atom is -0.311 e. The van der Waals surface area contributed by atoms with Crippen LogP contribution in [0.15, 0.2) is 393 Å². The minimum atomic E-state index is -3.70. The molecule has 106 heavy (non-hydrogen) atoms. The van der Waals surface area contributed by atoms with E-state index in [1.165, 1.54) is 11.3 Å². The smallest absolute Gasteiger partial charge is 0.210 e. The fraction of sp³-hybridized carbons (Fsp3) is 0. The van der Waals surface area contributed by atoms with Gasteiger partial charge in [-0.1, -0.05) is 176 Å². The predicted molar refractivity (Wildman–Crippen MR) is 437 cm³/mol. The lowest BCUT2D eigenvalue weighted by molar-refractivity contribution is 0.593. The second-order valence-electron chi connectivity index (χ2n) is 25.9. The van der Waals surface area contributed by atoms with Crippen molar-refractivity contribution in [3.05, 3.63) is 384 Å². The van der Waals surface area contributed by atoms with E-state index >= 15 is 0 Å². The van der Waals surface area contributed by atoms with Crippen molar-refractivity contribution in [3.8, 4) is 33.4 Å². The van der Waals surface area contributed by atoms with Crippen molar-refractivity contribution in [1.29, 1.82) is 0 Å². The lowest BCUT2D eigenvalue weighted by Crippen LogP contribution is -2.22. The van der Waals surface area contributed by atoms with E-state index < -0.39 is 19.7 Å². The monoisotopic (exact) mass is 1440 g/mol. The molecule has 0 amide bonds. The van der Waals surface area contributed by atoms with E-state index in [-0.39, 0.29) is 30.4 Å². The normalized spacial score (nSPS) is 13.1. The number of benzene rings is 15. The number of sulfone groups is 2. The molecule has 14 heteroatoms. The zero-order chi connectivity index (χ0) is 71.6. The van der Waals surface area contributed by atoms with Crippen LogP contribution in [0.4, 0.5) is 68.2 Å². The number of anilines is 12. The van der Waals surface area contributed by atoms with Gasteiger partial charge in [0.1, 0.15) is 0 Å². The van der Waals surface area contributed by atoms with E-state index in [1.54, 1.807) is 72.0 Å². The summed E-state index contributed by atoms with van der Waals surface area (Å²) in [6, 6.07) is 119. The Bertz CT molecular complexity index is 6480. The van der Waals surface area contributed by atoms with Gasteiger partial charge >= 0.3 is 0 Å². The summed E-state index contributed by atoms with van der Waals surface area (Å²) in [4.78, 5) is 37.4. The van der Waals surface area contributed by atoms with Gasteiger partial charge in [-0.3, -0.25) is 9.59 Å². The van der Waals surface area contributed by atoms with E-state index in [2.05, 4.69) is 180 Å². The molecule has 0 spiro atoms. The summed E-state index contributed by atoms with van der Waals surface area (Å²) >= 11 is 3.18. The van der Waals surface area contributed by atoms with Crippen LogP contribution in [-0.2, 0) is 19.7 Å². The molecule has 508 valence electrons. The van der Waals surface area contributed by atoms with Crippen LogP contribution in [-0.4, -0.2) is 16.8 Å². The van der Waals surface area contributed by atoms with Crippen LogP contribution in [0.25, 0.3) is 73.7 Å². The van der Waals surface area contributed by atoms with Gasteiger partial charge in [-0.25, -0.2) is 16.8 Å². The van der Waals surface area contributed by atoms with Crippen LogP contribution < -0.4 is 30.5 Å². The summed E-state index contributed by atoms with van der Waals surface area (Å²) in [6.45, 7) is 0. The maximum Gasteiger partial charge on any atom is 0.210 e. The largest absolute Gasteiger partial charge is 0.311 e. The molecule has 0 N–H and O–H groups in total. The highest BCUT2D eigenvalue weighted by molar-refractivity contribution is 7.92. The zero-order valence-electron chi connectivity index (χ0n) is 56.5. The Hall–Kier alpha value is -12.8. The highest BCUT2D eigenvalue weighted by atomic mass is 32.2. The first-order chi connectivity index (χ1) is 51.9. The topological polar surface area (TPSA) is 115 Å². The van der Waals surface area contributed by atoms with E-state index in [0.29, 0.717) is 33.5 Å². The quantitative estimate of drug-likeness (QED) is 0.116. The molecule has 0 fully saturated rings. The number of para-hydroxylation sites is 8. The van der Waals surface area contributed by atoms with Gasteiger partial charge in [0.2, 0.25) is 19.7 Å². The van der Waals surface area contributed by atoms with Crippen molar-refractivity contribution < 1.29 is 16.8 Å². The maximum atomic E-state index is 14.0. The average molecular weight is 1450 g/mol. The molecule has 4 heterocycles. The van der Waals surface area contributed by atoms with E-state index in [9.17, 15) is 26.4 Å². The molecule has 2 aromatic heterocycles. The van der Waals surface area contributed by atoms with Gasteiger partial charge in [-0.05, 0) is 221 Å². The number of hydrogen-bond donors (Lipinski definition) is 0. The van der Waals surface area contributed by atoms with Gasteiger partial charge in [0.15, 0.2) is 10.9 Å². The molecule has 2 aliphatic heterocycles. The molecule has 2 aliphatic rings. The lowest BCUT2D eigenvalue weighted by Gasteiger charge is -2.33. The Kier molecular flexibility index (Phi) is 16.5.